The van der Waals surface area contributed by atoms with Gasteiger partial charge in [0, 0.05) is 39.1 Å². The summed E-state index contributed by atoms with van der Waals surface area (Å²) in [5, 5.41) is 6.28. The Kier molecular flexibility index (Phi) is 4.32. The topological polar surface area (TPSA) is 56.7 Å². The lowest BCUT2D eigenvalue weighted by molar-refractivity contribution is -0.122. The van der Waals surface area contributed by atoms with Crippen LogP contribution in [0, 0.1) is 11.3 Å². The lowest BCUT2D eigenvalue weighted by atomic mass is 9.93. The zero-order valence-corrected chi connectivity index (χ0v) is 12.3. The number of hydrogen-bond donors (Lipinski definition) is 2. The summed E-state index contributed by atoms with van der Waals surface area (Å²) in [5.74, 6) is 1.45. The Morgan fingerprint density at radius 2 is 2.00 bits per heavy atom. The second-order valence-corrected chi connectivity index (χ2v) is 6.38. The smallest absolute Gasteiger partial charge is 0.223 e. The summed E-state index contributed by atoms with van der Waals surface area (Å²) in [4.78, 5) is 18.1. The average Bonchev–Trinajstić information content (AvgIpc) is 3.14. The minimum atomic E-state index is 0.207. The molecular weight excluding hydrogens is 240 g/mol. The van der Waals surface area contributed by atoms with Crippen molar-refractivity contribution in [2.45, 2.75) is 33.1 Å². The molecular formula is C14H26N4O. The van der Waals surface area contributed by atoms with Crippen LogP contribution in [0.15, 0.2) is 4.99 Å². The van der Waals surface area contributed by atoms with E-state index in [9.17, 15) is 4.79 Å². The number of carbonyl (C=O) groups excluding carboxylic acids is 1. The van der Waals surface area contributed by atoms with Gasteiger partial charge in [-0.15, -0.1) is 0 Å². The first-order valence-corrected chi connectivity index (χ1v) is 7.25. The molecule has 2 fully saturated rings. The molecule has 0 aromatic heterocycles. The van der Waals surface area contributed by atoms with Gasteiger partial charge in [0.25, 0.3) is 0 Å². The van der Waals surface area contributed by atoms with Crippen molar-refractivity contribution in [1.82, 2.24) is 15.5 Å². The number of guanidine groups is 1. The Bertz CT molecular complexity index is 360. The van der Waals surface area contributed by atoms with Gasteiger partial charge in [0.1, 0.15) is 0 Å². The number of amides is 1. The van der Waals surface area contributed by atoms with Crippen LogP contribution in [0.3, 0.4) is 0 Å². The summed E-state index contributed by atoms with van der Waals surface area (Å²) in [6, 6.07) is 0. The Balaban J connectivity index is 1.67. The highest BCUT2D eigenvalue weighted by molar-refractivity contribution is 5.81. The van der Waals surface area contributed by atoms with E-state index in [0.29, 0.717) is 17.9 Å². The Hall–Kier alpha value is -1.26. The zero-order valence-electron chi connectivity index (χ0n) is 12.3. The third-order valence-electron chi connectivity index (χ3n) is 3.84. The molecule has 1 aliphatic carbocycles. The van der Waals surface area contributed by atoms with Crippen molar-refractivity contribution in [3.8, 4) is 0 Å². The molecule has 1 heterocycles. The molecule has 5 heteroatoms. The Morgan fingerprint density at radius 1 is 1.32 bits per heavy atom. The molecule has 19 heavy (non-hydrogen) atoms. The summed E-state index contributed by atoms with van der Waals surface area (Å²) >= 11 is 0. The van der Waals surface area contributed by atoms with E-state index in [1.807, 2.05) is 7.05 Å². The molecule has 0 radical (unpaired) electrons. The Labute approximate surface area is 115 Å². The van der Waals surface area contributed by atoms with Crippen LogP contribution in [0.2, 0.25) is 0 Å². The fraction of sp³-hybridized carbons (Fsp3) is 0.857. The number of rotatable bonds is 4. The maximum absolute atomic E-state index is 11.5. The van der Waals surface area contributed by atoms with Gasteiger partial charge in [0.05, 0.1) is 0 Å². The molecule has 0 aromatic rings. The lowest BCUT2D eigenvalue weighted by Crippen LogP contribution is -2.43. The van der Waals surface area contributed by atoms with Gasteiger partial charge < -0.3 is 15.5 Å². The molecule has 0 bridgehead atoms. The SMILES string of the molecule is CN=C(NCCNC(=O)C1CC1)N1CCC(C)(C)C1. The van der Waals surface area contributed by atoms with Crippen molar-refractivity contribution in [1.29, 1.82) is 0 Å². The molecule has 2 rings (SSSR count). The molecule has 1 amide bonds. The number of nitrogens with one attached hydrogen (secondary N) is 2. The highest BCUT2D eigenvalue weighted by Crippen LogP contribution is 2.29. The fourth-order valence-corrected chi connectivity index (χ4v) is 2.48. The highest BCUT2D eigenvalue weighted by atomic mass is 16.2. The van der Waals surface area contributed by atoms with Gasteiger partial charge in [-0.25, -0.2) is 0 Å². The predicted molar refractivity (Wildman–Crippen MR) is 77.1 cm³/mol. The number of nitrogens with zero attached hydrogens (tertiary/aromatic N) is 2. The van der Waals surface area contributed by atoms with Crippen LogP contribution in [-0.2, 0) is 4.79 Å². The molecule has 0 aromatic carbocycles. The Morgan fingerprint density at radius 3 is 2.53 bits per heavy atom. The van der Waals surface area contributed by atoms with Crippen LogP contribution in [0.1, 0.15) is 33.1 Å². The maximum atomic E-state index is 11.5. The average molecular weight is 266 g/mol. The normalized spacial score (nSPS) is 22.5. The van der Waals surface area contributed by atoms with Crippen molar-refractivity contribution in [2.24, 2.45) is 16.3 Å². The lowest BCUT2D eigenvalue weighted by Gasteiger charge is -2.23. The molecule has 0 spiro atoms. The van der Waals surface area contributed by atoms with E-state index in [2.05, 4.69) is 34.4 Å². The van der Waals surface area contributed by atoms with Gasteiger partial charge in [-0.1, -0.05) is 13.8 Å². The summed E-state index contributed by atoms with van der Waals surface area (Å²) in [6.07, 6.45) is 3.32. The van der Waals surface area contributed by atoms with Gasteiger partial charge in [0.2, 0.25) is 5.91 Å². The molecule has 0 unspecified atom stereocenters. The number of hydrogen-bond acceptors (Lipinski definition) is 2. The monoisotopic (exact) mass is 266 g/mol. The van der Waals surface area contributed by atoms with E-state index in [1.54, 1.807) is 0 Å². The van der Waals surface area contributed by atoms with E-state index in [-0.39, 0.29) is 5.91 Å². The van der Waals surface area contributed by atoms with Crippen molar-refractivity contribution in [2.75, 3.05) is 33.2 Å². The van der Waals surface area contributed by atoms with Crippen molar-refractivity contribution < 1.29 is 4.79 Å². The zero-order chi connectivity index (χ0) is 13.9. The largest absolute Gasteiger partial charge is 0.354 e. The van der Waals surface area contributed by atoms with E-state index >= 15 is 0 Å². The molecule has 1 saturated carbocycles. The van der Waals surface area contributed by atoms with Crippen molar-refractivity contribution in [3.05, 3.63) is 0 Å². The third-order valence-corrected chi connectivity index (χ3v) is 3.84. The maximum Gasteiger partial charge on any atom is 0.223 e. The first-order chi connectivity index (χ1) is 9.02. The third kappa shape index (κ3) is 4.11. The second-order valence-electron chi connectivity index (χ2n) is 6.38. The van der Waals surface area contributed by atoms with Crippen LogP contribution in [0.5, 0.6) is 0 Å². The molecule has 0 atom stereocenters. The molecule has 2 N–H and O–H groups in total. The molecule has 1 aliphatic heterocycles. The molecule has 108 valence electrons. The van der Waals surface area contributed by atoms with Gasteiger partial charge in [-0.05, 0) is 24.7 Å². The van der Waals surface area contributed by atoms with Gasteiger partial charge >= 0.3 is 0 Å². The number of likely N-dealkylation sites (tertiary alicyclic amines) is 1. The minimum Gasteiger partial charge on any atom is -0.354 e. The first kappa shape index (κ1) is 14.2. The van der Waals surface area contributed by atoms with E-state index in [1.165, 1.54) is 6.42 Å². The van der Waals surface area contributed by atoms with Crippen LogP contribution in [-0.4, -0.2) is 50.0 Å². The fourth-order valence-electron chi connectivity index (χ4n) is 2.48. The second kappa shape index (κ2) is 5.80. The standard InChI is InChI=1S/C14H26N4O/c1-14(2)6-9-18(10-14)13(15-3)17-8-7-16-12(19)11-4-5-11/h11H,4-10H2,1-3H3,(H,15,17)(H,16,19). The van der Waals surface area contributed by atoms with Crippen molar-refractivity contribution >= 4 is 11.9 Å². The van der Waals surface area contributed by atoms with Crippen LogP contribution >= 0.6 is 0 Å². The summed E-state index contributed by atoms with van der Waals surface area (Å²) in [5.41, 5.74) is 0.373. The first-order valence-electron chi connectivity index (χ1n) is 7.25. The quantitative estimate of drug-likeness (QED) is 0.450. The van der Waals surface area contributed by atoms with Crippen molar-refractivity contribution in [3.63, 3.8) is 0 Å². The van der Waals surface area contributed by atoms with E-state index < -0.39 is 0 Å². The number of aliphatic imine (C=N–C) groups is 1. The van der Waals surface area contributed by atoms with Gasteiger partial charge in [-0.3, -0.25) is 9.79 Å². The minimum absolute atomic E-state index is 0.207. The summed E-state index contributed by atoms with van der Waals surface area (Å²) in [7, 11) is 1.82. The van der Waals surface area contributed by atoms with Crippen LogP contribution in [0.25, 0.3) is 0 Å². The van der Waals surface area contributed by atoms with Gasteiger partial charge in [-0.2, -0.15) is 0 Å². The van der Waals surface area contributed by atoms with E-state index in [4.69, 9.17) is 0 Å². The molecule has 1 saturated heterocycles. The highest BCUT2D eigenvalue weighted by Gasteiger charge is 2.31. The summed E-state index contributed by atoms with van der Waals surface area (Å²) in [6.45, 7) is 8.09. The molecule has 5 nitrogen and oxygen atoms in total. The predicted octanol–water partition coefficient (Wildman–Crippen LogP) is 0.820. The van der Waals surface area contributed by atoms with Crippen LogP contribution in [0.4, 0.5) is 0 Å². The molecule has 2 aliphatic rings. The number of carbonyl (C=O) groups is 1. The summed E-state index contributed by atoms with van der Waals surface area (Å²) < 4.78 is 0. The van der Waals surface area contributed by atoms with Crippen LogP contribution < -0.4 is 10.6 Å². The van der Waals surface area contributed by atoms with Gasteiger partial charge in [0.15, 0.2) is 5.96 Å². The van der Waals surface area contributed by atoms with E-state index in [0.717, 1.165) is 38.4 Å².